The molecular weight excluding hydrogens is 216 g/mol. The molecule has 0 fully saturated rings. The topological polar surface area (TPSA) is 150 Å². The van der Waals surface area contributed by atoms with E-state index in [0.29, 0.717) is 0 Å². The zero-order valence-corrected chi connectivity index (χ0v) is 8.47. The largest absolute Gasteiger partial charge is 0.368 e. The second kappa shape index (κ2) is 8.06. The van der Waals surface area contributed by atoms with E-state index in [1.54, 1.807) is 0 Å². The van der Waals surface area contributed by atoms with Gasteiger partial charge in [0.1, 0.15) is 6.54 Å². The van der Waals surface area contributed by atoms with Crippen molar-refractivity contribution in [3.05, 3.63) is 10.4 Å². The Bertz CT molecular complexity index is 322. The third-order valence-corrected chi connectivity index (χ3v) is 1.41. The lowest BCUT2D eigenvalue weighted by molar-refractivity contribution is -0.125. The molecule has 9 nitrogen and oxygen atoms in total. The van der Waals surface area contributed by atoms with Crippen molar-refractivity contribution in [2.45, 2.75) is 6.42 Å². The number of rotatable bonds is 7. The summed E-state index contributed by atoms with van der Waals surface area (Å²) in [5, 5.41) is 7.64. The normalized spacial score (nSPS) is 8.75. The van der Waals surface area contributed by atoms with Crippen LogP contribution in [-0.4, -0.2) is 37.4 Å². The first kappa shape index (κ1) is 13.7. The van der Waals surface area contributed by atoms with Gasteiger partial charge in [0.05, 0.1) is 6.54 Å². The third kappa shape index (κ3) is 8.32. The standard InChI is InChI=1S/C7H12N6O3/c8-5(14)3-11-6(15)1-2-10-7(16)4-12-13-9/h1-4H2,(H2,8,14)(H,10,16)(H,11,15). The van der Waals surface area contributed by atoms with E-state index in [1.165, 1.54) is 0 Å². The minimum absolute atomic E-state index is 0.0231. The summed E-state index contributed by atoms with van der Waals surface area (Å²) in [6, 6.07) is 0. The van der Waals surface area contributed by atoms with Crippen LogP contribution in [0.1, 0.15) is 6.42 Å². The van der Waals surface area contributed by atoms with Crippen molar-refractivity contribution >= 4 is 17.7 Å². The summed E-state index contributed by atoms with van der Waals surface area (Å²) >= 11 is 0. The summed E-state index contributed by atoms with van der Waals surface area (Å²) in [5.74, 6) is -1.51. The molecule has 0 bridgehead atoms. The summed E-state index contributed by atoms with van der Waals surface area (Å²) in [7, 11) is 0. The van der Waals surface area contributed by atoms with Crippen LogP contribution in [0.15, 0.2) is 5.11 Å². The Morgan fingerprint density at radius 1 is 1.25 bits per heavy atom. The zero-order valence-electron chi connectivity index (χ0n) is 8.47. The minimum atomic E-state index is -0.638. The lowest BCUT2D eigenvalue weighted by Crippen LogP contribution is -2.36. The van der Waals surface area contributed by atoms with Gasteiger partial charge >= 0.3 is 0 Å². The predicted octanol–water partition coefficient (Wildman–Crippen LogP) is -1.60. The Morgan fingerprint density at radius 2 is 1.94 bits per heavy atom. The van der Waals surface area contributed by atoms with Gasteiger partial charge in [0.25, 0.3) is 0 Å². The van der Waals surface area contributed by atoms with Crippen LogP contribution in [0.5, 0.6) is 0 Å². The first-order valence-corrected chi connectivity index (χ1v) is 4.39. The first-order chi connectivity index (χ1) is 7.56. The Balaban J connectivity index is 3.57. The van der Waals surface area contributed by atoms with E-state index in [4.69, 9.17) is 11.3 Å². The number of azide groups is 1. The molecule has 0 unspecified atom stereocenters. The van der Waals surface area contributed by atoms with Gasteiger partial charge in [0.2, 0.25) is 17.7 Å². The number of primary amides is 1. The molecule has 0 aromatic rings. The highest BCUT2D eigenvalue weighted by Crippen LogP contribution is 1.78. The van der Waals surface area contributed by atoms with Crippen LogP contribution in [0.4, 0.5) is 0 Å². The van der Waals surface area contributed by atoms with Crippen LogP contribution in [0.25, 0.3) is 10.4 Å². The van der Waals surface area contributed by atoms with Crippen molar-refractivity contribution in [3.63, 3.8) is 0 Å². The van der Waals surface area contributed by atoms with Gasteiger partial charge in [-0.15, -0.1) is 0 Å². The number of nitrogens with one attached hydrogen (secondary N) is 2. The molecule has 0 saturated carbocycles. The smallest absolute Gasteiger partial charge is 0.236 e. The fraction of sp³-hybridized carbons (Fsp3) is 0.571. The van der Waals surface area contributed by atoms with E-state index in [0.717, 1.165) is 0 Å². The van der Waals surface area contributed by atoms with Gasteiger partial charge in [-0.25, -0.2) is 0 Å². The molecule has 4 N–H and O–H groups in total. The number of hydrogen-bond donors (Lipinski definition) is 3. The van der Waals surface area contributed by atoms with Gasteiger partial charge in [0.15, 0.2) is 0 Å². The Morgan fingerprint density at radius 3 is 2.50 bits per heavy atom. The highest BCUT2D eigenvalue weighted by atomic mass is 16.2. The van der Waals surface area contributed by atoms with Crippen LogP contribution in [0.2, 0.25) is 0 Å². The first-order valence-electron chi connectivity index (χ1n) is 4.39. The molecule has 16 heavy (non-hydrogen) atoms. The van der Waals surface area contributed by atoms with Gasteiger partial charge < -0.3 is 16.4 Å². The van der Waals surface area contributed by atoms with Crippen molar-refractivity contribution < 1.29 is 14.4 Å². The summed E-state index contributed by atoms with van der Waals surface area (Å²) in [5.41, 5.74) is 12.7. The number of nitrogens with two attached hydrogens (primary N) is 1. The zero-order chi connectivity index (χ0) is 12.4. The Hall–Kier alpha value is -2.28. The number of hydrogen-bond acceptors (Lipinski definition) is 4. The van der Waals surface area contributed by atoms with Crippen molar-refractivity contribution in [1.29, 1.82) is 0 Å². The van der Waals surface area contributed by atoms with Crippen LogP contribution >= 0.6 is 0 Å². The number of carbonyl (C=O) groups is 3. The van der Waals surface area contributed by atoms with Crippen molar-refractivity contribution in [2.24, 2.45) is 10.8 Å². The van der Waals surface area contributed by atoms with E-state index in [1.807, 2.05) is 0 Å². The summed E-state index contributed by atoms with van der Waals surface area (Å²) in [6.07, 6.45) is 0.0231. The molecule has 0 radical (unpaired) electrons. The van der Waals surface area contributed by atoms with Crippen LogP contribution in [0.3, 0.4) is 0 Å². The molecule has 0 aliphatic heterocycles. The van der Waals surface area contributed by atoms with Crippen molar-refractivity contribution in [1.82, 2.24) is 10.6 Å². The maximum Gasteiger partial charge on any atom is 0.236 e. The second-order valence-electron chi connectivity index (χ2n) is 2.73. The van der Waals surface area contributed by atoms with Crippen LogP contribution in [-0.2, 0) is 14.4 Å². The monoisotopic (exact) mass is 228 g/mol. The molecule has 0 aliphatic rings. The molecule has 0 saturated heterocycles. The van der Waals surface area contributed by atoms with E-state index < -0.39 is 17.7 Å². The van der Waals surface area contributed by atoms with E-state index in [9.17, 15) is 14.4 Å². The quantitative estimate of drug-likeness (QED) is 0.273. The summed E-state index contributed by atoms with van der Waals surface area (Å²) in [4.78, 5) is 34.6. The summed E-state index contributed by atoms with van der Waals surface area (Å²) < 4.78 is 0. The molecule has 0 spiro atoms. The average molecular weight is 228 g/mol. The molecule has 0 rings (SSSR count). The number of nitrogens with zero attached hydrogens (tertiary/aromatic N) is 3. The van der Waals surface area contributed by atoms with E-state index >= 15 is 0 Å². The summed E-state index contributed by atoms with van der Waals surface area (Å²) in [6.45, 7) is -0.435. The fourth-order valence-electron chi connectivity index (χ4n) is 0.741. The molecule has 0 heterocycles. The minimum Gasteiger partial charge on any atom is -0.368 e. The third-order valence-electron chi connectivity index (χ3n) is 1.41. The van der Waals surface area contributed by atoms with Crippen LogP contribution in [0, 0.1) is 0 Å². The highest BCUT2D eigenvalue weighted by Gasteiger charge is 2.03. The van der Waals surface area contributed by atoms with Crippen molar-refractivity contribution in [2.75, 3.05) is 19.6 Å². The van der Waals surface area contributed by atoms with Gasteiger partial charge in [0, 0.05) is 17.9 Å². The number of carbonyl (C=O) groups excluding carboxylic acids is 3. The van der Waals surface area contributed by atoms with E-state index in [2.05, 4.69) is 20.7 Å². The van der Waals surface area contributed by atoms with Gasteiger partial charge in [-0.05, 0) is 5.53 Å². The molecule has 0 atom stereocenters. The molecule has 0 aromatic heterocycles. The van der Waals surface area contributed by atoms with Crippen LogP contribution < -0.4 is 16.4 Å². The molecule has 9 heteroatoms. The molecule has 88 valence electrons. The highest BCUT2D eigenvalue weighted by molar-refractivity contribution is 5.84. The molecular formula is C7H12N6O3. The van der Waals surface area contributed by atoms with Gasteiger partial charge in [-0.3, -0.25) is 14.4 Å². The van der Waals surface area contributed by atoms with Crippen molar-refractivity contribution in [3.8, 4) is 0 Å². The Kier molecular flexibility index (Phi) is 6.91. The maximum absolute atomic E-state index is 11.0. The van der Waals surface area contributed by atoms with E-state index in [-0.39, 0.29) is 26.1 Å². The number of amides is 3. The lowest BCUT2D eigenvalue weighted by atomic mass is 10.4. The fourth-order valence-corrected chi connectivity index (χ4v) is 0.741. The maximum atomic E-state index is 11.0. The average Bonchev–Trinajstić information content (AvgIpc) is 2.23. The molecule has 0 aliphatic carbocycles. The Labute approximate surface area is 91.0 Å². The van der Waals surface area contributed by atoms with Gasteiger partial charge in [-0.1, -0.05) is 5.11 Å². The lowest BCUT2D eigenvalue weighted by Gasteiger charge is -2.03. The molecule has 0 aromatic carbocycles. The second-order valence-corrected chi connectivity index (χ2v) is 2.73. The van der Waals surface area contributed by atoms with Gasteiger partial charge in [-0.2, -0.15) is 0 Å². The predicted molar refractivity (Wildman–Crippen MR) is 53.8 cm³/mol. The molecule has 3 amide bonds. The SMILES string of the molecule is [N-]=[N+]=NCC(=O)NCCC(=O)NCC(N)=O.